The summed E-state index contributed by atoms with van der Waals surface area (Å²) in [5, 5.41) is 12.5. The van der Waals surface area contributed by atoms with Crippen molar-refractivity contribution in [1.29, 1.82) is 0 Å². The number of methoxy groups -OCH3 is 1. The van der Waals surface area contributed by atoms with Crippen LogP contribution in [0.3, 0.4) is 0 Å². The number of ether oxygens (including phenoxy) is 1. The van der Waals surface area contributed by atoms with Gasteiger partial charge in [0.25, 0.3) is 0 Å². The maximum absolute atomic E-state index is 12.8. The molecule has 23 heavy (non-hydrogen) atoms. The fraction of sp³-hybridized carbons (Fsp3) is 0.444. The molecule has 5 nitrogen and oxygen atoms in total. The number of benzene rings is 1. The molecule has 0 saturated heterocycles. The third-order valence-corrected chi connectivity index (χ3v) is 5.60. The van der Waals surface area contributed by atoms with Gasteiger partial charge in [-0.1, -0.05) is 12.2 Å². The van der Waals surface area contributed by atoms with Gasteiger partial charge in [-0.25, -0.2) is 0 Å². The van der Waals surface area contributed by atoms with Crippen molar-refractivity contribution < 1.29 is 19.4 Å². The Bertz CT molecular complexity index is 681. The van der Waals surface area contributed by atoms with Crippen LogP contribution in [-0.2, 0) is 9.59 Å². The molecule has 1 amide bonds. The minimum Gasteiger partial charge on any atom is -0.497 e. The molecule has 5 rings (SSSR count). The first-order valence-corrected chi connectivity index (χ1v) is 7.96. The number of hydrogen-bond acceptors (Lipinski definition) is 3. The molecule has 0 heterocycles. The molecule has 0 spiro atoms. The molecular formula is C18H19NO4. The van der Waals surface area contributed by atoms with Crippen molar-refractivity contribution in [3.05, 3.63) is 36.4 Å². The third kappa shape index (κ3) is 2.22. The zero-order valence-corrected chi connectivity index (χ0v) is 12.8. The molecule has 0 aliphatic heterocycles. The van der Waals surface area contributed by atoms with Gasteiger partial charge in [0.2, 0.25) is 5.91 Å². The van der Waals surface area contributed by atoms with Gasteiger partial charge in [-0.15, -0.1) is 0 Å². The average Bonchev–Trinajstić information content (AvgIpc) is 3.37. The number of allylic oxidation sites excluding steroid dienone is 2. The number of aliphatic carboxylic acids is 1. The highest BCUT2D eigenvalue weighted by atomic mass is 16.5. The Kier molecular flexibility index (Phi) is 3.18. The van der Waals surface area contributed by atoms with Crippen LogP contribution in [0.1, 0.15) is 6.42 Å². The van der Waals surface area contributed by atoms with Gasteiger partial charge >= 0.3 is 5.97 Å². The number of fused-ring (bicyclic) bond motifs is 1. The van der Waals surface area contributed by atoms with Crippen molar-refractivity contribution in [1.82, 2.24) is 0 Å². The van der Waals surface area contributed by atoms with Gasteiger partial charge in [0.1, 0.15) is 5.75 Å². The van der Waals surface area contributed by atoms with Crippen molar-refractivity contribution in [2.24, 2.45) is 35.5 Å². The lowest BCUT2D eigenvalue weighted by Gasteiger charge is -2.41. The van der Waals surface area contributed by atoms with Crippen LogP contribution in [0.2, 0.25) is 0 Å². The minimum absolute atomic E-state index is 0.00844. The molecule has 1 aromatic carbocycles. The molecule has 0 aromatic heterocycles. The summed E-state index contributed by atoms with van der Waals surface area (Å²) in [4.78, 5) is 24.5. The maximum Gasteiger partial charge on any atom is 0.307 e. The Morgan fingerprint density at radius 3 is 2.26 bits per heavy atom. The van der Waals surface area contributed by atoms with Crippen LogP contribution in [0.5, 0.6) is 5.75 Å². The number of rotatable bonds is 4. The highest BCUT2D eigenvalue weighted by Gasteiger charge is 2.62. The summed E-state index contributed by atoms with van der Waals surface area (Å²) >= 11 is 0. The summed E-state index contributed by atoms with van der Waals surface area (Å²) < 4.78 is 5.10. The second-order valence-corrected chi connectivity index (χ2v) is 6.71. The Morgan fingerprint density at radius 2 is 1.70 bits per heavy atom. The van der Waals surface area contributed by atoms with Gasteiger partial charge in [-0.2, -0.15) is 0 Å². The normalized spacial score (nSPS) is 36.2. The lowest BCUT2D eigenvalue weighted by atomic mass is 9.62. The first-order valence-electron chi connectivity index (χ1n) is 7.96. The smallest absolute Gasteiger partial charge is 0.307 e. The Labute approximate surface area is 134 Å². The van der Waals surface area contributed by atoms with Crippen LogP contribution in [-0.4, -0.2) is 24.1 Å². The first kappa shape index (κ1) is 14.3. The van der Waals surface area contributed by atoms with Crippen LogP contribution in [0.25, 0.3) is 0 Å². The molecule has 2 saturated carbocycles. The molecule has 1 aromatic rings. The summed E-state index contributed by atoms with van der Waals surface area (Å²) in [5.41, 5.74) is 0.665. The van der Waals surface area contributed by atoms with Crippen molar-refractivity contribution in [2.75, 3.05) is 12.4 Å². The Balaban J connectivity index is 1.56. The number of carbonyl (C=O) groups is 2. The van der Waals surface area contributed by atoms with Crippen molar-refractivity contribution >= 4 is 17.6 Å². The summed E-state index contributed by atoms with van der Waals surface area (Å²) in [6, 6.07) is 7.08. The molecule has 2 bridgehead atoms. The summed E-state index contributed by atoms with van der Waals surface area (Å²) in [7, 11) is 1.59. The first-order chi connectivity index (χ1) is 11.1. The number of carbonyl (C=O) groups excluding carboxylic acids is 1. The van der Waals surface area contributed by atoms with Crippen molar-refractivity contribution in [3.63, 3.8) is 0 Å². The highest BCUT2D eigenvalue weighted by molar-refractivity contribution is 5.96. The van der Waals surface area contributed by atoms with Crippen LogP contribution in [0, 0.1) is 35.5 Å². The number of carboxylic acid groups (broad SMARTS) is 1. The number of carboxylic acids is 1. The lowest BCUT2D eigenvalue weighted by Crippen LogP contribution is -2.48. The summed E-state index contributed by atoms with van der Waals surface area (Å²) in [5.74, 6) is -0.383. The zero-order chi connectivity index (χ0) is 16.1. The summed E-state index contributed by atoms with van der Waals surface area (Å²) in [6.07, 6.45) is 5.14. The standard InChI is InChI=1S/C18H19NO4/c1-23-10-4-2-9(3-5-10)19-17(20)15-11-6-7-12(14-8-13(11)14)16(15)18(21)22/h2-7,11-16H,8H2,1H3,(H,19,20)(H,21,22). The van der Waals surface area contributed by atoms with Gasteiger partial charge < -0.3 is 15.2 Å². The highest BCUT2D eigenvalue weighted by Crippen LogP contribution is 2.63. The SMILES string of the molecule is COc1ccc(NC(=O)C2C3C=CC(C4CC34)C2C(=O)O)cc1. The van der Waals surface area contributed by atoms with Crippen LogP contribution < -0.4 is 10.1 Å². The maximum atomic E-state index is 12.8. The fourth-order valence-electron chi connectivity index (χ4n) is 4.47. The molecule has 2 N–H and O–H groups in total. The lowest BCUT2D eigenvalue weighted by molar-refractivity contribution is -0.152. The van der Waals surface area contributed by atoms with E-state index in [1.54, 1.807) is 31.4 Å². The van der Waals surface area contributed by atoms with E-state index in [9.17, 15) is 14.7 Å². The van der Waals surface area contributed by atoms with Gasteiger partial charge in [0.15, 0.2) is 0 Å². The monoisotopic (exact) mass is 313 g/mol. The van der Waals surface area contributed by atoms with Crippen LogP contribution in [0.15, 0.2) is 36.4 Å². The zero-order valence-electron chi connectivity index (χ0n) is 12.8. The quantitative estimate of drug-likeness (QED) is 0.837. The van der Waals surface area contributed by atoms with Crippen LogP contribution in [0.4, 0.5) is 5.69 Å². The topological polar surface area (TPSA) is 75.6 Å². The van der Waals surface area contributed by atoms with E-state index in [1.807, 2.05) is 6.08 Å². The number of amides is 1. The molecule has 120 valence electrons. The minimum atomic E-state index is -0.857. The van der Waals surface area contributed by atoms with E-state index in [0.717, 1.165) is 6.42 Å². The van der Waals surface area contributed by atoms with E-state index in [2.05, 4.69) is 11.4 Å². The van der Waals surface area contributed by atoms with Gasteiger partial charge in [-0.3, -0.25) is 9.59 Å². The Hall–Kier alpha value is -2.30. The van der Waals surface area contributed by atoms with Crippen molar-refractivity contribution in [3.8, 4) is 5.75 Å². The molecule has 2 fully saturated rings. The molecule has 4 aliphatic rings. The van der Waals surface area contributed by atoms with E-state index in [4.69, 9.17) is 4.74 Å². The Morgan fingerprint density at radius 1 is 1.09 bits per heavy atom. The molecule has 6 unspecified atom stereocenters. The van der Waals surface area contributed by atoms with E-state index in [-0.39, 0.29) is 17.7 Å². The van der Waals surface area contributed by atoms with Gasteiger partial charge in [-0.05, 0) is 54.4 Å². The van der Waals surface area contributed by atoms with E-state index < -0.39 is 17.8 Å². The predicted molar refractivity (Wildman–Crippen MR) is 84.0 cm³/mol. The third-order valence-electron chi connectivity index (χ3n) is 5.60. The largest absolute Gasteiger partial charge is 0.497 e. The van der Waals surface area contributed by atoms with E-state index in [1.165, 1.54) is 0 Å². The van der Waals surface area contributed by atoms with Gasteiger partial charge in [0.05, 0.1) is 18.9 Å². The average molecular weight is 313 g/mol. The molecule has 0 radical (unpaired) electrons. The second kappa shape index (κ2) is 5.11. The number of hydrogen-bond donors (Lipinski definition) is 2. The second-order valence-electron chi connectivity index (χ2n) is 6.71. The van der Waals surface area contributed by atoms with E-state index in [0.29, 0.717) is 23.3 Å². The fourth-order valence-corrected chi connectivity index (χ4v) is 4.47. The molecule has 6 atom stereocenters. The van der Waals surface area contributed by atoms with Gasteiger partial charge in [0, 0.05) is 5.69 Å². The predicted octanol–water partition coefficient (Wildman–Crippen LogP) is 2.40. The van der Waals surface area contributed by atoms with E-state index >= 15 is 0 Å². The number of anilines is 1. The summed E-state index contributed by atoms with van der Waals surface area (Å²) in [6.45, 7) is 0. The molecular weight excluding hydrogens is 294 g/mol. The molecule has 5 heteroatoms. The van der Waals surface area contributed by atoms with Crippen molar-refractivity contribution in [2.45, 2.75) is 6.42 Å². The van der Waals surface area contributed by atoms with Crippen LogP contribution >= 0.6 is 0 Å². The number of nitrogens with one attached hydrogen (secondary N) is 1. The molecule has 4 aliphatic carbocycles.